The van der Waals surface area contributed by atoms with Crippen LogP contribution in [0.5, 0.6) is 5.75 Å². The predicted octanol–water partition coefficient (Wildman–Crippen LogP) is 3.88. The lowest BCUT2D eigenvalue weighted by Crippen LogP contribution is -2.40. The molecule has 0 aliphatic carbocycles. The zero-order valence-electron chi connectivity index (χ0n) is 15.4. The molecule has 0 saturated heterocycles. The lowest BCUT2D eigenvalue weighted by atomic mass is 10.0. The lowest BCUT2D eigenvalue weighted by Gasteiger charge is -2.26. The summed E-state index contributed by atoms with van der Waals surface area (Å²) in [4.78, 5) is 23.5. The van der Waals surface area contributed by atoms with E-state index in [-0.39, 0.29) is 11.9 Å². The van der Waals surface area contributed by atoms with Crippen LogP contribution in [-0.4, -0.2) is 33.4 Å². The summed E-state index contributed by atoms with van der Waals surface area (Å²) in [5.74, 6) is 0.747. The van der Waals surface area contributed by atoms with Crippen LogP contribution in [0.3, 0.4) is 0 Å². The molecule has 5 nitrogen and oxygen atoms in total. The number of pyridine rings is 2. The van der Waals surface area contributed by atoms with Gasteiger partial charge in [-0.1, -0.05) is 18.2 Å². The van der Waals surface area contributed by atoms with Crippen LogP contribution in [0.25, 0.3) is 11.1 Å². The Hall–Kier alpha value is -3.21. The van der Waals surface area contributed by atoms with Gasteiger partial charge in [0.25, 0.3) is 5.91 Å². The topological polar surface area (TPSA) is 55.3 Å². The van der Waals surface area contributed by atoms with Crippen LogP contribution in [0.1, 0.15) is 28.7 Å². The highest BCUT2D eigenvalue weighted by molar-refractivity contribution is 5.92. The van der Waals surface area contributed by atoms with E-state index in [0.29, 0.717) is 18.8 Å². The largest absolute Gasteiger partial charge is 0.491 e. The van der Waals surface area contributed by atoms with Crippen LogP contribution in [0, 0.1) is 6.92 Å². The van der Waals surface area contributed by atoms with Gasteiger partial charge in [0.1, 0.15) is 18.1 Å². The average Bonchev–Trinajstić information content (AvgIpc) is 2.86. The summed E-state index contributed by atoms with van der Waals surface area (Å²) in [5, 5.41) is 0. The molecule has 0 saturated carbocycles. The first kappa shape index (κ1) is 17.2. The SMILES string of the molecule is Cc1cccc(C(=O)N2Cc3cc(-c4cccnc4)ccc3OC[C@@H]2C)n1. The van der Waals surface area contributed by atoms with Gasteiger partial charge in [0.05, 0.1) is 12.6 Å². The van der Waals surface area contributed by atoms with Crippen LogP contribution in [0.2, 0.25) is 0 Å². The second kappa shape index (κ2) is 7.19. The minimum absolute atomic E-state index is 0.0472. The fraction of sp³-hybridized carbons (Fsp3) is 0.227. The van der Waals surface area contributed by atoms with E-state index in [1.807, 2.05) is 61.3 Å². The highest BCUT2D eigenvalue weighted by atomic mass is 16.5. The Morgan fingerprint density at radius 1 is 1.15 bits per heavy atom. The number of rotatable bonds is 2. The van der Waals surface area contributed by atoms with Gasteiger partial charge in [0.2, 0.25) is 0 Å². The highest BCUT2D eigenvalue weighted by Crippen LogP contribution is 2.30. The van der Waals surface area contributed by atoms with Gasteiger partial charge in [-0.05, 0) is 49.7 Å². The van der Waals surface area contributed by atoms with Gasteiger partial charge in [-0.15, -0.1) is 0 Å². The maximum atomic E-state index is 13.1. The quantitative estimate of drug-likeness (QED) is 0.697. The molecule has 0 bridgehead atoms. The fourth-order valence-electron chi connectivity index (χ4n) is 3.28. The normalized spacial score (nSPS) is 16.2. The van der Waals surface area contributed by atoms with Crippen molar-refractivity contribution in [3.63, 3.8) is 0 Å². The molecule has 0 spiro atoms. The van der Waals surface area contributed by atoms with E-state index in [0.717, 1.165) is 28.1 Å². The van der Waals surface area contributed by atoms with E-state index in [1.54, 1.807) is 12.3 Å². The molecule has 0 unspecified atom stereocenters. The van der Waals surface area contributed by atoms with Crippen molar-refractivity contribution in [1.29, 1.82) is 0 Å². The Morgan fingerprint density at radius 3 is 2.81 bits per heavy atom. The first-order valence-corrected chi connectivity index (χ1v) is 9.02. The zero-order chi connectivity index (χ0) is 18.8. The molecule has 136 valence electrons. The highest BCUT2D eigenvalue weighted by Gasteiger charge is 2.27. The first-order valence-electron chi connectivity index (χ1n) is 9.02. The minimum Gasteiger partial charge on any atom is -0.491 e. The number of amides is 1. The molecule has 3 aromatic rings. The maximum absolute atomic E-state index is 13.1. The third-order valence-electron chi connectivity index (χ3n) is 4.78. The number of hydrogen-bond acceptors (Lipinski definition) is 4. The third kappa shape index (κ3) is 3.53. The van der Waals surface area contributed by atoms with Crippen LogP contribution in [0.4, 0.5) is 0 Å². The van der Waals surface area contributed by atoms with Crippen molar-refractivity contribution in [2.24, 2.45) is 0 Å². The van der Waals surface area contributed by atoms with E-state index in [9.17, 15) is 4.79 Å². The number of fused-ring (bicyclic) bond motifs is 1. The lowest BCUT2D eigenvalue weighted by molar-refractivity contribution is 0.0639. The van der Waals surface area contributed by atoms with Crippen molar-refractivity contribution in [3.05, 3.63) is 77.9 Å². The predicted molar refractivity (Wildman–Crippen MR) is 103 cm³/mol. The molecule has 1 amide bonds. The smallest absolute Gasteiger partial charge is 0.273 e. The summed E-state index contributed by atoms with van der Waals surface area (Å²) >= 11 is 0. The van der Waals surface area contributed by atoms with Crippen LogP contribution >= 0.6 is 0 Å². The van der Waals surface area contributed by atoms with Crippen LogP contribution in [-0.2, 0) is 6.54 Å². The second-order valence-electron chi connectivity index (χ2n) is 6.82. The molecule has 3 heterocycles. The van der Waals surface area contributed by atoms with E-state index in [2.05, 4.69) is 16.0 Å². The second-order valence-corrected chi connectivity index (χ2v) is 6.82. The van der Waals surface area contributed by atoms with Crippen LogP contribution in [0.15, 0.2) is 60.9 Å². The molecule has 0 radical (unpaired) electrons. The van der Waals surface area contributed by atoms with Gasteiger partial charge >= 0.3 is 0 Å². The van der Waals surface area contributed by atoms with Gasteiger partial charge in [0.15, 0.2) is 0 Å². The molecule has 1 aromatic carbocycles. The van der Waals surface area contributed by atoms with Crippen molar-refractivity contribution in [1.82, 2.24) is 14.9 Å². The Balaban J connectivity index is 1.68. The number of hydrogen-bond donors (Lipinski definition) is 0. The number of nitrogens with zero attached hydrogens (tertiary/aromatic N) is 3. The van der Waals surface area contributed by atoms with Gasteiger partial charge in [-0.2, -0.15) is 0 Å². The van der Waals surface area contributed by atoms with E-state index >= 15 is 0 Å². The summed E-state index contributed by atoms with van der Waals surface area (Å²) in [7, 11) is 0. The molecule has 0 fully saturated rings. The zero-order valence-corrected chi connectivity index (χ0v) is 15.4. The van der Waals surface area contributed by atoms with Crippen molar-refractivity contribution in [2.75, 3.05) is 6.61 Å². The Labute approximate surface area is 158 Å². The van der Waals surface area contributed by atoms with Crippen molar-refractivity contribution >= 4 is 5.91 Å². The standard InChI is InChI=1S/C22H21N3O2/c1-15-5-3-7-20(24-15)22(26)25-13-19-11-17(18-6-4-10-23-12-18)8-9-21(19)27-14-16(25)2/h3-12,16H,13-14H2,1-2H3/t16-/m0/s1. The molecule has 2 aromatic heterocycles. The van der Waals surface area contributed by atoms with E-state index < -0.39 is 0 Å². The van der Waals surface area contributed by atoms with Gasteiger partial charge in [-0.25, -0.2) is 4.98 Å². The average molecular weight is 359 g/mol. The van der Waals surface area contributed by atoms with E-state index in [1.165, 1.54) is 0 Å². The number of ether oxygens (including phenoxy) is 1. The molecular weight excluding hydrogens is 338 g/mol. The molecule has 1 aliphatic heterocycles. The van der Waals surface area contributed by atoms with Crippen molar-refractivity contribution < 1.29 is 9.53 Å². The summed E-state index contributed by atoms with van der Waals surface area (Å²) in [6, 6.07) is 15.5. The Morgan fingerprint density at radius 2 is 2.04 bits per heavy atom. The Bertz CT molecular complexity index is 972. The van der Waals surface area contributed by atoms with Crippen molar-refractivity contribution in [3.8, 4) is 16.9 Å². The van der Waals surface area contributed by atoms with Gasteiger partial charge in [0, 0.05) is 29.2 Å². The van der Waals surface area contributed by atoms with E-state index in [4.69, 9.17) is 4.74 Å². The molecule has 0 N–H and O–H groups in total. The monoisotopic (exact) mass is 359 g/mol. The maximum Gasteiger partial charge on any atom is 0.273 e. The van der Waals surface area contributed by atoms with Crippen molar-refractivity contribution in [2.45, 2.75) is 26.4 Å². The molecule has 5 heteroatoms. The molecule has 27 heavy (non-hydrogen) atoms. The van der Waals surface area contributed by atoms with Gasteiger partial charge in [-0.3, -0.25) is 9.78 Å². The number of aryl methyl sites for hydroxylation is 1. The number of aromatic nitrogens is 2. The molecular formula is C22H21N3O2. The Kier molecular flexibility index (Phi) is 4.59. The van der Waals surface area contributed by atoms with Crippen LogP contribution < -0.4 is 4.74 Å². The molecule has 1 aliphatic rings. The third-order valence-corrected chi connectivity index (χ3v) is 4.78. The molecule has 1 atom stereocenters. The fourth-order valence-corrected chi connectivity index (χ4v) is 3.28. The summed E-state index contributed by atoms with van der Waals surface area (Å²) in [6.45, 7) is 4.83. The van der Waals surface area contributed by atoms with Gasteiger partial charge < -0.3 is 9.64 Å². The number of carbonyl (C=O) groups excluding carboxylic acids is 1. The summed E-state index contributed by atoms with van der Waals surface area (Å²) in [6.07, 6.45) is 3.59. The number of benzene rings is 1. The molecule has 4 rings (SSSR count). The first-order chi connectivity index (χ1) is 13.1. The summed E-state index contributed by atoms with van der Waals surface area (Å²) < 4.78 is 5.96. The summed E-state index contributed by atoms with van der Waals surface area (Å²) in [5.41, 5.74) is 4.38. The number of carbonyl (C=O) groups is 1. The minimum atomic E-state index is -0.0746.